The average molecular weight is 255 g/mol. The fraction of sp³-hybridized carbons (Fsp3) is 0.250. The van der Waals surface area contributed by atoms with Crippen LogP contribution in [-0.2, 0) is 0 Å². The highest BCUT2D eigenvalue weighted by Crippen LogP contribution is 2.30. The van der Waals surface area contributed by atoms with Gasteiger partial charge in [-0.2, -0.15) is 0 Å². The maximum atomic E-state index is 6.01. The summed E-state index contributed by atoms with van der Waals surface area (Å²) in [7, 11) is 3.93. The Kier molecular flexibility index (Phi) is 2.96. The minimum absolute atomic E-state index is 0.566. The predicted octanol–water partition coefficient (Wildman–Crippen LogP) is 3.92. The third kappa shape index (κ3) is 1.95. The number of hydrogen-bond donors (Lipinski definition) is 0. The van der Waals surface area contributed by atoms with Crippen molar-refractivity contribution < 1.29 is 0 Å². The molecule has 0 N–H and O–H groups in total. The molecule has 0 saturated heterocycles. The fourth-order valence-electron chi connectivity index (χ4n) is 1.63. The van der Waals surface area contributed by atoms with Crippen LogP contribution in [0, 0.1) is 6.92 Å². The second kappa shape index (κ2) is 4.11. The van der Waals surface area contributed by atoms with E-state index in [0.717, 1.165) is 22.3 Å². The van der Waals surface area contributed by atoms with E-state index in [0.29, 0.717) is 10.0 Å². The van der Waals surface area contributed by atoms with Gasteiger partial charge in [-0.25, -0.2) is 4.98 Å². The molecule has 2 nitrogen and oxygen atoms in total. The van der Waals surface area contributed by atoms with Crippen LogP contribution in [0.5, 0.6) is 0 Å². The van der Waals surface area contributed by atoms with E-state index in [1.54, 1.807) is 0 Å². The number of halogens is 2. The molecule has 0 saturated carbocycles. The molecule has 1 heterocycles. The van der Waals surface area contributed by atoms with Crippen molar-refractivity contribution in [3.63, 3.8) is 0 Å². The molecule has 4 heteroatoms. The van der Waals surface area contributed by atoms with Crippen molar-refractivity contribution in [1.82, 2.24) is 4.98 Å². The van der Waals surface area contributed by atoms with Crippen molar-refractivity contribution in [3.05, 3.63) is 33.9 Å². The van der Waals surface area contributed by atoms with Crippen LogP contribution in [0.2, 0.25) is 10.0 Å². The van der Waals surface area contributed by atoms with Crippen molar-refractivity contribution in [2.24, 2.45) is 0 Å². The Morgan fingerprint density at radius 2 is 1.69 bits per heavy atom. The van der Waals surface area contributed by atoms with Gasteiger partial charge >= 0.3 is 0 Å². The molecule has 0 spiro atoms. The Morgan fingerprint density at radius 1 is 1.06 bits per heavy atom. The van der Waals surface area contributed by atoms with Gasteiger partial charge < -0.3 is 4.90 Å². The highest BCUT2D eigenvalue weighted by atomic mass is 35.5. The lowest BCUT2D eigenvalue weighted by molar-refractivity contribution is 1.06. The van der Waals surface area contributed by atoms with E-state index in [9.17, 15) is 0 Å². The van der Waals surface area contributed by atoms with Crippen LogP contribution < -0.4 is 4.90 Å². The normalized spacial score (nSPS) is 10.8. The molecule has 0 unspecified atom stereocenters. The van der Waals surface area contributed by atoms with Gasteiger partial charge in [-0.15, -0.1) is 0 Å². The molecule has 84 valence electrons. The Hall–Kier alpha value is -0.990. The SMILES string of the molecule is Cc1nc(N(C)C)cc2cc(Cl)c(Cl)cc12. The molecule has 2 rings (SSSR count). The molecule has 0 bridgehead atoms. The maximum absolute atomic E-state index is 6.01. The van der Waals surface area contributed by atoms with Crippen molar-refractivity contribution in [2.75, 3.05) is 19.0 Å². The van der Waals surface area contributed by atoms with Crippen LogP contribution in [0.25, 0.3) is 10.8 Å². The molecule has 0 aliphatic carbocycles. The topological polar surface area (TPSA) is 16.1 Å². The van der Waals surface area contributed by atoms with Crippen LogP contribution >= 0.6 is 23.2 Å². The second-order valence-electron chi connectivity index (χ2n) is 3.95. The summed E-state index contributed by atoms with van der Waals surface area (Å²) in [5, 5.41) is 3.24. The number of nitrogens with zero attached hydrogens (tertiary/aromatic N) is 2. The zero-order valence-corrected chi connectivity index (χ0v) is 10.9. The quantitative estimate of drug-likeness (QED) is 0.767. The Morgan fingerprint density at radius 3 is 2.31 bits per heavy atom. The minimum Gasteiger partial charge on any atom is -0.363 e. The number of aromatic nitrogens is 1. The van der Waals surface area contributed by atoms with Crippen molar-refractivity contribution >= 4 is 39.8 Å². The first-order valence-corrected chi connectivity index (χ1v) is 5.68. The smallest absolute Gasteiger partial charge is 0.128 e. The highest BCUT2D eigenvalue weighted by Gasteiger charge is 2.07. The van der Waals surface area contributed by atoms with E-state index in [4.69, 9.17) is 23.2 Å². The number of aryl methyl sites for hydroxylation is 1. The van der Waals surface area contributed by atoms with E-state index in [1.807, 2.05) is 44.1 Å². The minimum atomic E-state index is 0.566. The Balaban J connectivity index is 2.77. The van der Waals surface area contributed by atoms with Crippen LogP contribution in [0.1, 0.15) is 5.69 Å². The maximum Gasteiger partial charge on any atom is 0.128 e. The van der Waals surface area contributed by atoms with Gasteiger partial charge in [0.15, 0.2) is 0 Å². The second-order valence-corrected chi connectivity index (χ2v) is 4.76. The number of fused-ring (bicyclic) bond motifs is 1. The summed E-state index contributed by atoms with van der Waals surface area (Å²) in [5.41, 5.74) is 0.958. The van der Waals surface area contributed by atoms with Gasteiger partial charge in [0.1, 0.15) is 5.82 Å². The molecular formula is C12H12Cl2N2. The summed E-state index contributed by atoms with van der Waals surface area (Å²) in [5.74, 6) is 0.920. The Bertz CT molecular complexity index is 550. The predicted molar refractivity (Wildman–Crippen MR) is 70.8 cm³/mol. The third-order valence-corrected chi connectivity index (χ3v) is 3.23. The zero-order valence-electron chi connectivity index (χ0n) is 9.38. The molecule has 0 atom stereocenters. The van der Waals surface area contributed by atoms with Crippen molar-refractivity contribution in [2.45, 2.75) is 6.92 Å². The molecular weight excluding hydrogens is 243 g/mol. The molecule has 0 aliphatic rings. The van der Waals surface area contributed by atoms with Crippen LogP contribution in [-0.4, -0.2) is 19.1 Å². The third-order valence-electron chi connectivity index (χ3n) is 2.51. The highest BCUT2D eigenvalue weighted by molar-refractivity contribution is 6.42. The standard InChI is InChI=1S/C12H12Cl2N2/c1-7-9-6-11(14)10(13)4-8(9)5-12(15-7)16(2)3/h4-6H,1-3H3. The largest absolute Gasteiger partial charge is 0.363 e. The first kappa shape index (κ1) is 11.5. The van der Waals surface area contributed by atoms with Crippen LogP contribution in [0.3, 0.4) is 0 Å². The van der Waals surface area contributed by atoms with Gasteiger partial charge in [0.25, 0.3) is 0 Å². The number of benzene rings is 1. The van der Waals surface area contributed by atoms with Gasteiger partial charge in [-0.1, -0.05) is 23.2 Å². The summed E-state index contributed by atoms with van der Waals surface area (Å²) < 4.78 is 0. The Labute approximate surface area is 105 Å². The van der Waals surface area contributed by atoms with E-state index < -0.39 is 0 Å². The molecule has 1 aromatic heterocycles. The van der Waals surface area contributed by atoms with E-state index in [2.05, 4.69) is 4.98 Å². The monoisotopic (exact) mass is 254 g/mol. The lowest BCUT2D eigenvalue weighted by Gasteiger charge is -2.14. The number of rotatable bonds is 1. The number of hydrogen-bond acceptors (Lipinski definition) is 2. The van der Waals surface area contributed by atoms with Gasteiger partial charge in [-0.05, 0) is 30.5 Å². The molecule has 0 aliphatic heterocycles. The van der Waals surface area contributed by atoms with E-state index in [-0.39, 0.29) is 0 Å². The summed E-state index contributed by atoms with van der Waals surface area (Å²) in [6.07, 6.45) is 0. The first-order valence-electron chi connectivity index (χ1n) is 4.93. The molecule has 0 fully saturated rings. The number of anilines is 1. The first-order chi connectivity index (χ1) is 7.49. The zero-order chi connectivity index (χ0) is 11.9. The summed E-state index contributed by atoms with van der Waals surface area (Å²) >= 11 is 12.0. The van der Waals surface area contributed by atoms with Crippen LogP contribution in [0.15, 0.2) is 18.2 Å². The summed E-state index contributed by atoms with van der Waals surface area (Å²) in [6.45, 7) is 1.97. The molecule has 2 aromatic rings. The summed E-state index contributed by atoms with van der Waals surface area (Å²) in [4.78, 5) is 6.46. The van der Waals surface area contributed by atoms with Crippen LogP contribution in [0.4, 0.5) is 5.82 Å². The van der Waals surface area contributed by atoms with Gasteiger partial charge in [0.2, 0.25) is 0 Å². The van der Waals surface area contributed by atoms with Crippen molar-refractivity contribution in [3.8, 4) is 0 Å². The van der Waals surface area contributed by atoms with Gasteiger partial charge in [0.05, 0.1) is 10.0 Å². The fourth-order valence-corrected chi connectivity index (χ4v) is 1.96. The van der Waals surface area contributed by atoms with Gasteiger partial charge in [-0.3, -0.25) is 0 Å². The summed E-state index contributed by atoms with van der Waals surface area (Å²) in [6, 6.07) is 5.74. The lowest BCUT2D eigenvalue weighted by atomic mass is 10.1. The average Bonchev–Trinajstić information content (AvgIpc) is 2.20. The molecule has 0 amide bonds. The van der Waals surface area contributed by atoms with E-state index >= 15 is 0 Å². The lowest BCUT2D eigenvalue weighted by Crippen LogP contribution is -2.11. The molecule has 1 aromatic carbocycles. The van der Waals surface area contributed by atoms with E-state index in [1.165, 1.54) is 0 Å². The number of pyridine rings is 1. The van der Waals surface area contributed by atoms with Crippen molar-refractivity contribution in [1.29, 1.82) is 0 Å². The molecule has 0 radical (unpaired) electrons. The van der Waals surface area contributed by atoms with Gasteiger partial charge in [0, 0.05) is 25.2 Å². The molecule has 16 heavy (non-hydrogen) atoms.